The highest BCUT2D eigenvalue weighted by molar-refractivity contribution is 4.97. The zero-order valence-corrected chi connectivity index (χ0v) is 7.29. The van der Waals surface area contributed by atoms with E-state index in [0.717, 1.165) is 0 Å². The third-order valence-electron chi connectivity index (χ3n) is 1.65. The second-order valence-corrected chi connectivity index (χ2v) is 2.87. The largest absolute Gasteiger partial charge is 0.388 e. The summed E-state index contributed by atoms with van der Waals surface area (Å²) in [5.41, 5.74) is 8.21. The standard InChI is InChI=1S/C6H9F7N2/c7-3(1-2-14)4(8,9)5(10,11)6(12,13)15/h3H,1-2,14-15H2. The summed E-state index contributed by atoms with van der Waals surface area (Å²) in [6, 6.07) is -5.50. The van der Waals surface area contributed by atoms with Crippen molar-refractivity contribution in [3.63, 3.8) is 0 Å². The summed E-state index contributed by atoms with van der Waals surface area (Å²) >= 11 is 0. The minimum Gasteiger partial charge on any atom is -0.330 e. The molecule has 4 N–H and O–H groups in total. The van der Waals surface area contributed by atoms with Crippen LogP contribution in [0.15, 0.2) is 0 Å². The summed E-state index contributed by atoms with van der Waals surface area (Å²) in [5, 5.41) is 0. The van der Waals surface area contributed by atoms with Crippen LogP contribution in [0.2, 0.25) is 0 Å². The number of nitrogens with two attached hydrogens (primary N) is 2. The minimum absolute atomic E-state index is 0.678. The van der Waals surface area contributed by atoms with Gasteiger partial charge in [-0.2, -0.15) is 26.3 Å². The summed E-state index contributed by atoms with van der Waals surface area (Å²) in [6.07, 6.45) is -4.65. The Labute approximate surface area is 80.4 Å². The Morgan fingerprint density at radius 3 is 1.67 bits per heavy atom. The Balaban J connectivity index is 5.00. The van der Waals surface area contributed by atoms with E-state index in [1.54, 1.807) is 0 Å². The summed E-state index contributed by atoms with van der Waals surface area (Å²) in [4.78, 5) is 0. The molecule has 0 amide bonds. The van der Waals surface area contributed by atoms with Crippen LogP contribution in [0.4, 0.5) is 30.7 Å². The van der Waals surface area contributed by atoms with Crippen molar-refractivity contribution in [2.24, 2.45) is 11.5 Å². The van der Waals surface area contributed by atoms with Gasteiger partial charge in [0.2, 0.25) is 0 Å². The predicted octanol–water partition coefficient (Wildman–Crippen LogP) is 1.50. The summed E-state index contributed by atoms with van der Waals surface area (Å²) in [7, 11) is 0. The van der Waals surface area contributed by atoms with Gasteiger partial charge in [0.1, 0.15) is 0 Å². The monoisotopic (exact) mass is 242 g/mol. The predicted molar refractivity (Wildman–Crippen MR) is 37.6 cm³/mol. The molecule has 0 fully saturated rings. The van der Waals surface area contributed by atoms with Crippen LogP contribution >= 0.6 is 0 Å². The molecule has 0 saturated heterocycles. The lowest BCUT2D eigenvalue weighted by Crippen LogP contribution is -2.62. The van der Waals surface area contributed by atoms with Crippen LogP contribution in [0.25, 0.3) is 0 Å². The molecular weight excluding hydrogens is 233 g/mol. The Morgan fingerprint density at radius 1 is 1.00 bits per heavy atom. The summed E-state index contributed by atoms with van der Waals surface area (Å²) in [5.74, 6) is -11.5. The van der Waals surface area contributed by atoms with E-state index in [2.05, 4.69) is 11.5 Å². The quantitative estimate of drug-likeness (QED) is 0.567. The molecule has 0 aromatic heterocycles. The zero-order chi connectivity index (χ0) is 12.5. The average molecular weight is 242 g/mol. The second kappa shape index (κ2) is 4.12. The lowest BCUT2D eigenvalue weighted by atomic mass is 10.0. The highest BCUT2D eigenvalue weighted by Crippen LogP contribution is 2.46. The lowest BCUT2D eigenvalue weighted by molar-refractivity contribution is -0.323. The van der Waals surface area contributed by atoms with Gasteiger partial charge in [0.25, 0.3) is 0 Å². The SMILES string of the molecule is NCCC(F)C(F)(F)C(F)(F)C(N)(F)F. The van der Waals surface area contributed by atoms with Crippen LogP contribution in [0.5, 0.6) is 0 Å². The van der Waals surface area contributed by atoms with Gasteiger partial charge in [-0.1, -0.05) is 0 Å². The Kier molecular flexibility index (Phi) is 3.97. The molecule has 1 unspecified atom stereocenters. The minimum atomic E-state index is -5.96. The molecule has 2 nitrogen and oxygen atoms in total. The smallest absolute Gasteiger partial charge is 0.330 e. The normalized spacial score (nSPS) is 16.6. The number of hydrogen-bond donors (Lipinski definition) is 2. The van der Waals surface area contributed by atoms with Crippen LogP contribution in [0.3, 0.4) is 0 Å². The second-order valence-electron chi connectivity index (χ2n) is 2.87. The molecule has 9 heteroatoms. The fourth-order valence-corrected chi connectivity index (χ4v) is 0.747. The van der Waals surface area contributed by atoms with Gasteiger partial charge in [-0.05, 0) is 13.0 Å². The fourth-order valence-electron chi connectivity index (χ4n) is 0.747. The molecule has 1 atom stereocenters. The Morgan fingerprint density at radius 2 is 1.40 bits per heavy atom. The maximum absolute atomic E-state index is 12.5. The molecular formula is C6H9F7N2. The van der Waals surface area contributed by atoms with Crippen LogP contribution in [-0.2, 0) is 0 Å². The Bertz CT molecular complexity index is 212. The fraction of sp³-hybridized carbons (Fsp3) is 1.00. The third kappa shape index (κ3) is 2.51. The topological polar surface area (TPSA) is 52.0 Å². The van der Waals surface area contributed by atoms with Gasteiger partial charge in [0.15, 0.2) is 6.17 Å². The van der Waals surface area contributed by atoms with Crippen molar-refractivity contribution in [3.05, 3.63) is 0 Å². The molecule has 0 aliphatic carbocycles. The Hall–Kier alpha value is -0.570. The molecule has 0 aromatic carbocycles. The van der Waals surface area contributed by atoms with Gasteiger partial charge in [0, 0.05) is 0 Å². The molecule has 0 saturated carbocycles. The zero-order valence-electron chi connectivity index (χ0n) is 7.29. The van der Waals surface area contributed by atoms with Gasteiger partial charge in [-0.25, -0.2) is 4.39 Å². The van der Waals surface area contributed by atoms with Gasteiger partial charge in [0.05, 0.1) is 0 Å². The molecule has 0 aliphatic rings. The van der Waals surface area contributed by atoms with E-state index in [1.165, 1.54) is 0 Å². The van der Waals surface area contributed by atoms with Crippen molar-refractivity contribution in [1.82, 2.24) is 0 Å². The maximum Gasteiger partial charge on any atom is 0.388 e. The van der Waals surface area contributed by atoms with E-state index in [4.69, 9.17) is 0 Å². The first kappa shape index (κ1) is 14.4. The van der Waals surface area contributed by atoms with Crippen LogP contribution in [0.1, 0.15) is 6.42 Å². The van der Waals surface area contributed by atoms with Gasteiger partial charge < -0.3 is 5.73 Å². The first-order chi connectivity index (χ1) is 6.48. The van der Waals surface area contributed by atoms with Crippen molar-refractivity contribution in [3.8, 4) is 0 Å². The molecule has 92 valence electrons. The molecule has 0 radical (unpaired) electrons. The van der Waals surface area contributed by atoms with Gasteiger partial charge >= 0.3 is 17.9 Å². The molecule has 0 heterocycles. The molecule has 0 spiro atoms. The first-order valence-electron chi connectivity index (χ1n) is 3.75. The first-order valence-corrected chi connectivity index (χ1v) is 3.75. The van der Waals surface area contributed by atoms with E-state index >= 15 is 0 Å². The molecule has 0 bridgehead atoms. The van der Waals surface area contributed by atoms with E-state index in [0.29, 0.717) is 0 Å². The van der Waals surface area contributed by atoms with E-state index < -0.39 is 37.0 Å². The maximum atomic E-state index is 12.5. The van der Waals surface area contributed by atoms with E-state index in [9.17, 15) is 30.7 Å². The summed E-state index contributed by atoms with van der Waals surface area (Å²) in [6.45, 7) is -0.678. The van der Waals surface area contributed by atoms with Gasteiger partial charge in [-0.15, -0.1) is 0 Å². The number of halogens is 7. The van der Waals surface area contributed by atoms with Crippen molar-refractivity contribution in [2.75, 3.05) is 6.54 Å². The molecule has 0 rings (SSSR count). The molecule has 0 aliphatic heterocycles. The van der Waals surface area contributed by atoms with E-state index in [-0.39, 0.29) is 0 Å². The van der Waals surface area contributed by atoms with Crippen LogP contribution in [-0.4, -0.2) is 30.6 Å². The van der Waals surface area contributed by atoms with Crippen molar-refractivity contribution in [1.29, 1.82) is 0 Å². The van der Waals surface area contributed by atoms with Crippen molar-refractivity contribution in [2.45, 2.75) is 30.5 Å². The average Bonchev–Trinajstić information content (AvgIpc) is 2.02. The lowest BCUT2D eigenvalue weighted by Gasteiger charge is -2.32. The molecule has 15 heavy (non-hydrogen) atoms. The van der Waals surface area contributed by atoms with E-state index in [1.807, 2.05) is 0 Å². The highest BCUT2D eigenvalue weighted by atomic mass is 19.3. The highest BCUT2D eigenvalue weighted by Gasteiger charge is 2.73. The molecule has 0 aromatic rings. The van der Waals surface area contributed by atoms with Crippen molar-refractivity contribution >= 4 is 0 Å². The van der Waals surface area contributed by atoms with Crippen molar-refractivity contribution < 1.29 is 30.7 Å². The van der Waals surface area contributed by atoms with Gasteiger partial charge in [-0.3, -0.25) is 5.73 Å². The number of rotatable bonds is 5. The number of hydrogen-bond acceptors (Lipinski definition) is 2. The summed E-state index contributed by atoms with van der Waals surface area (Å²) < 4.78 is 86.2. The third-order valence-corrected chi connectivity index (χ3v) is 1.65. The number of alkyl halides is 7. The van der Waals surface area contributed by atoms with Crippen LogP contribution < -0.4 is 11.5 Å². The van der Waals surface area contributed by atoms with Crippen LogP contribution in [0, 0.1) is 0 Å².